The maximum Gasteiger partial charge on any atom is 0.311 e. The third-order valence-corrected chi connectivity index (χ3v) is 4.43. The van der Waals surface area contributed by atoms with Crippen LogP contribution in [0.5, 0.6) is 23.0 Å². The fraction of sp³-hybridized carbons (Fsp3) is 0.381. The highest BCUT2D eigenvalue weighted by Crippen LogP contribution is 2.38. The molecule has 26 heavy (non-hydrogen) atoms. The predicted molar refractivity (Wildman–Crippen MR) is 101 cm³/mol. The van der Waals surface area contributed by atoms with Crippen LogP contribution < -0.4 is 18.9 Å². The van der Waals surface area contributed by atoms with E-state index in [-0.39, 0.29) is 12.4 Å². The van der Waals surface area contributed by atoms with Crippen molar-refractivity contribution in [3.8, 4) is 23.0 Å². The Kier molecular flexibility index (Phi) is 6.50. The lowest BCUT2D eigenvalue weighted by atomic mass is 10.1. The fourth-order valence-corrected chi connectivity index (χ4v) is 2.77. The fourth-order valence-electron chi connectivity index (χ4n) is 2.77. The Morgan fingerprint density at radius 3 is 1.96 bits per heavy atom. The molecule has 0 aliphatic carbocycles. The van der Waals surface area contributed by atoms with Crippen LogP contribution in [0.1, 0.15) is 28.7 Å². The molecule has 0 aliphatic rings. The zero-order chi connectivity index (χ0) is 19.3. The number of hydrogen-bond donors (Lipinski definition) is 0. The molecule has 5 nitrogen and oxygen atoms in total. The highest BCUT2D eigenvalue weighted by atomic mass is 16.5. The van der Waals surface area contributed by atoms with Gasteiger partial charge in [0.05, 0.1) is 21.3 Å². The number of carbonyl (C=O) groups is 1. The summed E-state index contributed by atoms with van der Waals surface area (Å²) in [6.45, 7) is 5.90. The monoisotopic (exact) mass is 358 g/mol. The van der Waals surface area contributed by atoms with Crippen LogP contribution in [0, 0.1) is 20.8 Å². The van der Waals surface area contributed by atoms with E-state index < -0.39 is 0 Å². The van der Waals surface area contributed by atoms with Crippen molar-refractivity contribution < 1.29 is 23.7 Å². The number of carbonyl (C=O) groups excluding carboxylic acids is 1. The van der Waals surface area contributed by atoms with Crippen molar-refractivity contribution in [1.29, 1.82) is 0 Å². The van der Waals surface area contributed by atoms with Gasteiger partial charge >= 0.3 is 5.97 Å². The lowest BCUT2D eigenvalue weighted by Gasteiger charge is -2.15. The van der Waals surface area contributed by atoms with Crippen molar-refractivity contribution in [2.45, 2.75) is 33.6 Å². The Hall–Kier alpha value is -2.69. The van der Waals surface area contributed by atoms with Gasteiger partial charge in [-0.05, 0) is 61.6 Å². The first kappa shape index (κ1) is 19.6. The second-order valence-electron chi connectivity index (χ2n) is 6.16. The van der Waals surface area contributed by atoms with Gasteiger partial charge in [0.2, 0.25) is 5.75 Å². The number of benzene rings is 2. The molecule has 140 valence electrons. The minimum atomic E-state index is -0.268. The summed E-state index contributed by atoms with van der Waals surface area (Å²) in [7, 11) is 4.70. The van der Waals surface area contributed by atoms with Gasteiger partial charge in [0.25, 0.3) is 0 Å². The predicted octanol–water partition coefficient (Wildman–Crippen LogP) is 4.18. The minimum absolute atomic E-state index is 0.255. The SMILES string of the molecule is COc1cc(CCC(=O)Oc2c(C)ccc(C)c2C)cc(OC)c1OC. The van der Waals surface area contributed by atoms with Crippen LogP contribution in [-0.2, 0) is 11.2 Å². The summed E-state index contributed by atoms with van der Waals surface area (Å²) in [5.41, 5.74) is 3.96. The molecule has 2 aromatic carbocycles. The van der Waals surface area contributed by atoms with Crippen LogP contribution in [0.15, 0.2) is 24.3 Å². The Bertz CT molecular complexity index is 770. The van der Waals surface area contributed by atoms with E-state index in [1.54, 1.807) is 21.3 Å². The maximum absolute atomic E-state index is 12.3. The largest absolute Gasteiger partial charge is 0.493 e. The molecule has 0 saturated heterocycles. The van der Waals surface area contributed by atoms with Crippen molar-refractivity contribution in [2.75, 3.05) is 21.3 Å². The van der Waals surface area contributed by atoms with Gasteiger partial charge in [-0.1, -0.05) is 12.1 Å². The van der Waals surface area contributed by atoms with Crippen molar-refractivity contribution in [2.24, 2.45) is 0 Å². The molecule has 2 rings (SSSR count). The summed E-state index contributed by atoms with van der Waals surface area (Å²) in [6.07, 6.45) is 0.769. The molecule has 0 aliphatic heterocycles. The second kappa shape index (κ2) is 8.61. The van der Waals surface area contributed by atoms with Crippen LogP contribution >= 0.6 is 0 Å². The molecule has 0 unspecified atom stereocenters. The zero-order valence-corrected chi connectivity index (χ0v) is 16.3. The molecule has 5 heteroatoms. The summed E-state index contributed by atoms with van der Waals surface area (Å²) in [6, 6.07) is 7.68. The number of rotatable bonds is 7. The minimum Gasteiger partial charge on any atom is -0.493 e. The van der Waals surface area contributed by atoms with Crippen LogP contribution in [0.2, 0.25) is 0 Å². The first-order valence-electron chi connectivity index (χ1n) is 8.47. The molecule has 2 aromatic rings. The summed E-state index contributed by atoms with van der Waals surface area (Å²) < 4.78 is 21.6. The van der Waals surface area contributed by atoms with Crippen LogP contribution in [0.3, 0.4) is 0 Å². The quantitative estimate of drug-likeness (QED) is 0.549. The molecule has 0 saturated carbocycles. The van der Waals surface area contributed by atoms with Crippen molar-refractivity contribution >= 4 is 5.97 Å². The van der Waals surface area contributed by atoms with E-state index in [9.17, 15) is 4.79 Å². The summed E-state index contributed by atoms with van der Waals surface area (Å²) in [4.78, 5) is 12.3. The van der Waals surface area contributed by atoms with Crippen LogP contribution in [0.4, 0.5) is 0 Å². The molecule has 0 heterocycles. The summed E-state index contributed by atoms with van der Waals surface area (Å²) >= 11 is 0. The molecule has 0 atom stereocenters. The number of aryl methyl sites for hydroxylation is 3. The van der Waals surface area contributed by atoms with E-state index in [1.807, 2.05) is 45.0 Å². The lowest BCUT2D eigenvalue weighted by Crippen LogP contribution is -2.11. The summed E-state index contributed by atoms with van der Waals surface area (Å²) in [5, 5.41) is 0. The first-order chi connectivity index (χ1) is 12.4. The first-order valence-corrected chi connectivity index (χ1v) is 8.47. The lowest BCUT2D eigenvalue weighted by molar-refractivity contribution is -0.134. The van der Waals surface area contributed by atoms with Gasteiger partial charge in [0.1, 0.15) is 5.75 Å². The number of methoxy groups -OCH3 is 3. The van der Waals surface area contributed by atoms with E-state index in [1.165, 1.54) is 0 Å². The van der Waals surface area contributed by atoms with Crippen LogP contribution in [0.25, 0.3) is 0 Å². The highest BCUT2D eigenvalue weighted by molar-refractivity contribution is 5.74. The van der Waals surface area contributed by atoms with E-state index in [0.717, 1.165) is 22.3 Å². The summed E-state index contributed by atoms with van der Waals surface area (Å²) in [5.74, 6) is 2.06. The van der Waals surface area contributed by atoms with Gasteiger partial charge in [-0.3, -0.25) is 4.79 Å². The van der Waals surface area contributed by atoms with Gasteiger partial charge in [0.15, 0.2) is 11.5 Å². The van der Waals surface area contributed by atoms with Gasteiger partial charge in [-0.15, -0.1) is 0 Å². The second-order valence-corrected chi connectivity index (χ2v) is 6.16. The van der Waals surface area contributed by atoms with Crippen molar-refractivity contribution in [3.05, 3.63) is 46.5 Å². The number of esters is 1. The van der Waals surface area contributed by atoms with Gasteiger partial charge in [-0.25, -0.2) is 0 Å². The van der Waals surface area contributed by atoms with Crippen molar-refractivity contribution in [3.63, 3.8) is 0 Å². The standard InChI is InChI=1S/C21H26O5/c1-13-7-8-14(2)20(15(13)3)26-19(22)10-9-16-11-17(23-4)21(25-6)18(12-16)24-5/h7-8,11-12H,9-10H2,1-6H3. The average molecular weight is 358 g/mol. The third kappa shape index (κ3) is 4.28. The number of hydrogen-bond acceptors (Lipinski definition) is 5. The molecule has 0 amide bonds. The molecule has 0 spiro atoms. The smallest absolute Gasteiger partial charge is 0.311 e. The Labute approximate surface area is 154 Å². The van der Waals surface area contributed by atoms with E-state index in [4.69, 9.17) is 18.9 Å². The molecule has 0 fully saturated rings. The highest BCUT2D eigenvalue weighted by Gasteiger charge is 2.15. The molecular weight excluding hydrogens is 332 g/mol. The van der Waals surface area contributed by atoms with Gasteiger partial charge < -0.3 is 18.9 Å². The molecule has 0 bridgehead atoms. The Morgan fingerprint density at radius 2 is 1.42 bits per heavy atom. The number of ether oxygens (including phenoxy) is 4. The average Bonchev–Trinajstić information content (AvgIpc) is 2.65. The topological polar surface area (TPSA) is 54.0 Å². The third-order valence-electron chi connectivity index (χ3n) is 4.43. The van der Waals surface area contributed by atoms with E-state index in [0.29, 0.717) is 29.4 Å². The Morgan fingerprint density at radius 1 is 0.846 bits per heavy atom. The molecular formula is C21H26O5. The normalized spacial score (nSPS) is 10.4. The molecule has 0 radical (unpaired) electrons. The maximum atomic E-state index is 12.3. The van der Waals surface area contributed by atoms with E-state index in [2.05, 4.69) is 0 Å². The van der Waals surface area contributed by atoms with Gasteiger partial charge in [-0.2, -0.15) is 0 Å². The Balaban J connectivity index is 2.12. The zero-order valence-electron chi connectivity index (χ0n) is 16.3. The van der Waals surface area contributed by atoms with Crippen LogP contribution in [-0.4, -0.2) is 27.3 Å². The van der Waals surface area contributed by atoms with Gasteiger partial charge in [0, 0.05) is 6.42 Å². The molecule has 0 N–H and O–H groups in total. The molecule has 0 aromatic heterocycles. The van der Waals surface area contributed by atoms with Crippen molar-refractivity contribution in [1.82, 2.24) is 0 Å². The van der Waals surface area contributed by atoms with E-state index >= 15 is 0 Å².